The average molecular weight is 269 g/mol. The molecule has 0 aliphatic carbocycles. The van der Waals surface area contributed by atoms with E-state index in [9.17, 15) is 4.79 Å². The predicted molar refractivity (Wildman–Crippen MR) is 80.2 cm³/mol. The molecule has 0 saturated carbocycles. The number of nitrogen functional groups attached to an aromatic ring is 1. The van der Waals surface area contributed by atoms with Crippen molar-refractivity contribution in [2.45, 2.75) is 19.8 Å². The predicted octanol–water partition coefficient (Wildman–Crippen LogP) is 1.87. The molecular weight excluding hydrogens is 250 g/mol. The van der Waals surface area contributed by atoms with E-state index in [4.69, 9.17) is 5.73 Å². The molecule has 1 amide bonds. The van der Waals surface area contributed by atoms with Crippen molar-refractivity contribution in [1.29, 1.82) is 0 Å². The maximum atomic E-state index is 11.8. The van der Waals surface area contributed by atoms with E-state index in [1.807, 2.05) is 12.1 Å². The number of rotatable bonds is 5. The maximum absolute atomic E-state index is 11.8. The third-order valence-electron chi connectivity index (χ3n) is 3.17. The van der Waals surface area contributed by atoms with Gasteiger partial charge in [0.15, 0.2) is 0 Å². The maximum Gasteiger partial charge on any atom is 0.226 e. The van der Waals surface area contributed by atoms with E-state index < -0.39 is 0 Å². The largest absolute Gasteiger partial charge is 0.397 e. The van der Waals surface area contributed by atoms with E-state index in [-0.39, 0.29) is 12.3 Å². The van der Waals surface area contributed by atoms with Crippen molar-refractivity contribution in [3.8, 4) is 0 Å². The Balaban J connectivity index is 1.78. The third-order valence-corrected chi connectivity index (χ3v) is 3.17. The molecule has 0 bridgehead atoms. The van der Waals surface area contributed by atoms with Crippen LogP contribution >= 0.6 is 0 Å². The highest BCUT2D eigenvalue weighted by Gasteiger charge is 2.04. The van der Waals surface area contributed by atoms with E-state index >= 15 is 0 Å². The van der Waals surface area contributed by atoms with Gasteiger partial charge in [0, 0.05) is 12.2 Å². The average Bonchev–Trinajstić information content (AvgIpc) is 2.43. The van der Waals surface area contributed by atoms with Crippen LogP contribution in [0.3, 0.4) is 0 Å². The van der Waals surface area contributed by atoms with E-state index in [2.05, 4.69) is 29.4 Å². The van der Waals surface area contributed by atoms with Gasteiger partial charge in [-0.3, -0.25) is 9.78 Å². The lowest BCUT2D eigenvalue weighted by atomic mass is 10.1. The number of nitrogens with two attached hydrogens (primary N) is 1. The third kappa shape index (κ3) is 4.09. The Kier molecular flexibility index (Phi) is 4.71. The zero-order valence-electron chi connectivity index (χ0n) is 11.6. The summed E-state index contributed by atoms with van der Waals surface area (Å²) in [6, 6.07) is 11.7. The topological polar surface area (TPSA) is 68.0 Å². The molecule has 4 nitrogen and oxygen atoms in total. The van der Waals surface area contributed by atoms with Crippen molar-refractivity contribution >= 4 is 11.6 Å². The molecule has 1 aromatic carbocycles. The summed E-state index contributed by atoms with van der Waals surface area (Å²) < 4.78 is 0. The van der Waals surface area contributed by atoms with Crippen molar-refractivity contribution in [2.24, 2.45) is 0 Å². The number of pyridine rings is 1. The number of hydrogen-bond donors (Lipinski definition) is 2. The van der Waals surface area contributed by atoms with Crippen LogP contribution < -0.4 is 11.1 Å². The van der Waals surface area contributed by atoms with E-state index in [0.717, 1.165) is 12.1 Å². The van der Waals surface area contributed by atoms with Gasteiger partial charge in [-0.25, -0.2) is 0 Å². The van der Waals surface area contributed by atoms with Gasteiger partial charge in [-0.2, -0.15) is 0 Å². The molecule has 0 radical (unpaired) electrons. The van der Waals surface area contributed by atoms with Crippen LogP contribution in [0.2, 0.25) is 0 Å². The standard InChI is InChI=1S/C16H19N3O/c1-12-4-2-3-5-13(12)8-9-18-16(20)10-15-7-6-14(17)11-19-15/h2-7,11H,8-10,17H2,1H3,(H,18,20). The van der Waals surface area contributed by atoms with E-state index in [1.54, 1.807) is 18.3 Å². The number of nitrogens with one attached hydrogen (secondary N) is 1. The lowest BCUT2D eigenvalue weighted by Gasteiger charge is -2.07. The van der Waals surface area contributed by atoms with Gasteiger partial charge < -0.3 is 11.1 Å². The number of nitrogens with zero attached hydrogens (tertiary/aromatic N) is 1. The van der Waals surface area contributed by atoms with E-state index in [1.165, 1.54) is 11.1 Å². The van der Waals surface area contributed by atoms with Gasteiger partial charge in [0.05, 0.1) is 18.3 Å². The first-order valence-corrected chi connectivity index (χ1v) is 6.67. The van der Waals surface area contributed by atoms with Crippen LogP contribution in [0.1, 0.15) is 16.8 Å². The normalized spacial score (nSPS) is 10.2. The highest BCUT2D eigenvalue weighted by atomic mass is 16.1. The summed E-state index contributed by atoms with van der Waals surface area (Å²) in [5, 5.41) is 2.91. The summed E-state index contributed by atoms with van der Waals surface area (Å²) in [6.45, 7) is 2.72. The number of hydrogen-bond acceptors (Lipinski definition) is 3. The molecular formula is C16H19N3O. The molecule has 2 rings (SSSR count). The van der Waals surface area contributed by atoms with Crippen LogP contribution in [0.5, 0.6) is 0 Å². The first-order chi connectivity index (χ1) is 9.65. The highest BCUT2D eigenvalue weighted by molar-refractivity contribution is 5.78. The molecule has 0 fully saturated rings. The van der Waals surface area contributed by atoms with Gasteiger partial charge in [0.25, 0.3) is 0 Å². The monoisotopic (exact) mass is 269 g/mol. The molecule has 104 valence electrons. The highest BCUT2D eigenvalue weighted by Crippen LogP contribution is 2.07. The number of anilines is 1. The molecule has 0 aliphatic rings. The van der Waals surface area contributed by atoms with Gasteiger partial charge in [0.1, 0.15) is 0 Å². The minimum absolute atomic E-state index is 0.0177. The van der Waals surface area contributed by atoms with E-state index in [0.29, 0.717) is 12.2 Å². The summed E-state index contributed by atoms with van der Waals surface area (Å²) in [5.74, 6) is -0.0177. The van der Waals surface area contributed by atoms with Crippen molar-refractivity contribution in [2.75, 3.05) is 12.3 Å². The first-order valence-electron chi connectivity index (χ1n) is 6.67. The minimum atomic E-state index is -0.0177. The van der Waals surface area contributed by atoms with Crippen molar-refractivity contribution < 1.29 is 4.79 Å². The number of aryl methyl sites for hydroxylation is 1. The summed E-state index contributed by atoms with van der Waals surface area (Å²) in [5.41, 5.74) is 9.40. The lowest BCUT2D eigenvalue weighted by Crippen LogP contribution is -2.27. The number of carbonyl (C=O) groups excluding carboxylic acids is 1. The SMILES string of the molecule is Cc1ccccc1CCNC(=O)Cc1ccc(N)cn1. The smallest absolute Gasteiger partial charge is 0.226 e. The van der Waals surface area contributed by atoms with Crippen LogP contribution in [0, 0.1) is 6.92 Å². The zero-order valence-corrected chi connectivity index (χ0v) is 11.6. The molecule has 0 unspecified atom stereocenters. The summed E-state index contributed by atoms with van der Waals surface area (Å²) in [7, 11) is 0. The summed E-state index contributed by atoms with van der Waals surface area (Å²) in [6.07, 6.45) is 2.69. The van der Waals surface area contributed by atoms with Gasteiger partial charge in [-0.05, 0) is 36.6 Å². The number of benzene rings is 1. The molecule has 20 heavy (non-hydrogen) atoms. The zero-order chi connectivity index (χ0) is 14.4. The van der Waals surface area contributed by atoms with Gasteiger partial charge in [-0.1, -0.05) is 24.3 Å². The quantitative estimate of drug-likeness (QED) is 0.870. The summed E-state index contributed by atoms with van der Waals surface area (Å²) in [4.78, 5) is 15.9. The Labute approximate surface area is 119 Å². The van der Waals surface area contributed by atoms with Gasteiger partial charge in [-0.15, -0.1) is 0 Å². The Morgan fingerprint density at radius 3 is 2.75 bits per heavy atom. The Hall–Kier alpha value is -2.36. The molecule has 0 aliphatic heterocycles. The fraction of sp³-hybridized carbons (Fsp3) is 0.250. The fourth-order valence-corrected chi connectivity index (χ4v) is 1.99. The second-order valence-corrected chi connectivity index (χ2v) is 4.79. The van der Waals surface area contributed by atoms with Crippen molar-refractivity contribution in [1.82, 2.24) is 10.3 Å². The molecule has 3 N–H and O–H groups in total. The molecule has 1 aromatic heterocycles. The molecule has 2 aromatic rings. The van der Waals surface area contributed by atoms with Crippen LogP contribution in [0.25, 0.3) is 0 Å². The lowest BCUT2D eigenvalue weighted by molar-refractivity contribution is -0.120. The second-order valence-electron chi connectivity index (χ2n) is 4.79. The van der Waals surface area contributed by atoms with Crippen LogP contribution in [-0.2, 0) is 17.6 Å². The fourth-order valence-electron chi connectivity index (χ4n) is 1.99. The number of carbonyl (C=O) groups is 1. The second kappa shape index (κ2) is 6.70. The van der Waals surface area contributed by atoms with Crippen molar-refractivity contribution in [3.05, 3.63) is 59.4 Å². The summed E-state index contributed by atoms with van der Waals surface area (Å²) >= 11 is 0. The minimum Gasteiger partial charge on any atom is -0.397 e. The molecule has 0 atom stereocenters. The van der Waals surface area contributed by atoms with Crippen LogP contribution in [0.4, 0.5) is 5.69 Å². The molecule has 4 heteroatoms. The van der Waals surface area contributed by atoms with Crippen molar-refractivity contribution in [3.63, 3.8) is 0 Å². The van der Waals surface area contributed by atoms with Crippen LogP contribution in [-0.4, -0.2) is 17.4 Å². The Morgan fingerprint density at radius 1 is 1.25 bits per heavy atom. The molecule has 1 heterocycles. The van der Waals surface area contributed by atoms with Gasteiger partial charge >= 0.3 is 0 Å². The first kappa shape index (κ1) is 14.1. The molecule has 0 spiro atoms. The number of amides is 1. The van der Waals surface area contributed by atoms with Gasteiger partial charge in [0.2, 0.25) is 5.91 Å². The Morgan fingerprint density at radius 2 is 2.05 bits per heavy atom. The molecule has 0 saturated heterocycles. The van der Waals surface area contributed by atoms with Crippen LogP contribution in [0.15, 0.2) is 42.6 Å². The number of aromatic nitrogens is 1. The Bertz CT molecular complexity index is 579.